The molecule has 0 heterocycles. The SMILES string of the molecule is CCCCNC(=O)C(c1ccccc1C)N(C(=O)C(Cc1ccccc1)NC(=O)OC(C)(C)C)C1CCC1. The van der Waals surface area contributed by atoms with Crippen molar-refractivity contribution < 1.29 is 19.1 Å². The first kappa shape index (κ1) is 29.2. The van der Waals surface area contributed by atoms with Crippen molar-refractivity contribution in [2.75, 3.05) is 6.54 Å². The number of carbonyl (C=O) groups excluding carboxylic acids is 3. The Morgan fingerprint density at radius 3 is 2.26 bits per heavy atom. The molecule has 3 amide bonds. The maximum Gasteiger partial charge on any atom is 0.408 e. The van der Waals surface area contributed by atoms with Gasteiger partial charge in [-0.25, -0.2) is 4.79 Å². The van der Waals surface area contributed by atoms with E-state index >= 15 is 0 Å². The van der Waals surface area contributed by atoms with Crippen LogP contribution in [0.5, 0.6) is 0 Å². The van der Waals surface area contributed by atoms with Crippen LogP contribution in [0, 0.1) is 6.92 Å². The summed E-state index contributed by atoms with van der Waals surface area (Å²) in [6.07, 6.45) is 4.09. The number of carbonyl (C=O) groups is 3. The molecular weight excluding hydrogens is 478 g/mol. The minimum Gasteiger partial charge on any atom is -0.444 e. The minimum atomic E-state index is -0.886. The van der Waals surface area contributed by atoms with Crippen molar-refractivity contribution in [2.24, 2.45) is 0 Å². The lowest BCUT2D eigenvalue weighted by atomic mass is 9.87. The third-order valence-corrected chi connectivity index (χ3v) is 6.83. The molecule has 2 aromatic rings. The molecule has 206 valence electrons. The number of nitrogens with zero attached hydrogens (tertiary/aromatic N) is 1. The van der Waals surface area contributed by atoms with Crippen molar-refractivity contribution in [3.8, 4) is 0 Å². The van der Waals surface area contributed by atoms with Gasteiger partial charge in [0.15, 0.2) is 0 Å². The van der Waals surface area contributed by atoms with Crippen LogP contribution in [0.25, 0.3) is 0 Å². The van der Waals surface area contributed by atoms with Gasteiger partial charge in [0, 0.05) is 19.0 Å². The highest BCUT2D eigenvalue weighted by Gasteiger charge is 2.42. The predicted octanol–water partition coefficient (Wildman–Crippen LogP) is 5.47. The number of aryl methyl sites for hydroxylation is 1. The molecule has 1 aliphatic rings. The van der Waals surface area contributed by atoms with Gasteiger partial charge < -0.3 is 20.3 Å². The third-order valence-electron chi connectivity index (χ3n) is 6.83. The van der Waals surface area contributed by atoms with E-state index in [9.17, 15) is 14.4 Å². The number of nitrogens with one attached hydrogen (secondary N) is 2. The Morgan fingerprint density at radius 1 is 1.03 bits per heavy atom. The molecule has 0 saturated heterocycles. The van der Waals surface area contributed by atoms with Crippen LogP contribution in [0.1, 0.15) is 82.5 Å². The molecule has 2 aromatic carbocycles. The van der Waals surface area contributed by atoms with Gasteiger partial charge >= 0.3 is 6.09 Å². The van der Waals surface area contributed by atoms with Gasteiger partial charge in [-0.1, -0.05) is 67.9 Å². The summed E-state index contributed by atoms with van der Waals surface area (Å²) < 4.78 is 5.51. The fraction of sp³-hybridized carbons (Fsp3) is 0.516. The van der Waals surface area contributed by atoms with Gasteiger partial charge in [-0.05, 0) is 70.1 Å². The maximum atomic E-state index is 14.4. The monoisotopic (exact) mass is 521 g/mol. The first-order chi connectivity index (χ1) is 18.1. The Balaban J connectivity index is 2.01. The maximum absolute atomic E-state index is 14.4. The normalized spacial score (nSPS) is 15.1. The van der Waals surface area contributed by atoms with Gasteiger partial charge in [0.2, 0.25) is 11.8 Å². The molecule has 2 unspecified atom stereocenters. The molecular formula is C31H43N3O4. The molecule has 0 bridgehead atoms. The Morgan fingerprint density at radius 2 is 1.68 bits per heavy atom. The van der Waals surface area contributed by atoms with E-state index in [0.717, 1.165) is 48.8 Å². The van der Waals surface area contributed by atoms with E-state index in [-0.39, 0.29) is 17.9 Å². The van der Waals surface area contributed by atoms with Crippen LogP contribution in [0.15, 0.2) is 54.6 Å². The van der Waals surface area contributed by atoms with Crippen LogP contribution in [0.2, 0.25) is 0 Å². The Labute approximate surface area is 227 Å². The molecule has 0 aromatic heterocycles. The second-order valence-corrected chi connectivity index (χ2v) is 11.1. The van der Waals surface area contributed by atoms with Gasteiger partial charge in [0.25, 0.3) is 0 Å². The van der Waals surface area contributed by atoms with Crippen LogP contribution >= 0.6 is 0 Å². The van der Waals surface area contributed by atoms with Crippen LogP contribution in [-0.2, 0) is 20.7 Å². The Kier molecular flexibility index (Phi) is 10.3. The van der Waals surface area contributed by atoms with Gasteiger partial charge in [-0.15, -0.1) is 0 Å². The third kappa shape index (κ3) is 8.07. The highest BCUT2D eigenvalue weighted by Crippen LogP contribution is 2.35. The predicted molar refractivity (Wildman–Crippen MR) is 150 cm³/mol. The van der Waals surface area contributed by atoms with Crippen LogP contribution < -0.4 is 10.6 Å². The summed E-state index contributed by atoms with van der Waals surface area (Å²) in [5.74, 6) is -0.466. The second kappa shape index (κ2) is 13.4. The largest absolute Gasteiger partial charge is 0.444 e. The zero-order valence-corrected chi connectivity index (χ0v) is 23.5. The number of rotatable bonds is 11. The summed E-state index contributed by atoms with van der Waals surface area (Å²) in [6.45, 7) is 9.95. The summed E-state index contributed by atoms with van der Waals surface area (Å²) in [5.41, 5.74) is 1.95. The molecule has 0 aliphatic heterocycles. The van der Waals surface area contributed by atoms with Gasteiger partial charge in [0.1, 0.15) is 17.7 Å². The van der Waals surface area contributed by atoms with Crippen molar-refractivity contribution in [2.45, 2.75) is 96.9 Å². The number of amides is 3. The van der Waals surface area contributed by atoms with E-state index in [2.05, 4.69) is 17.6 Å². The van der Waals surface area contributed by atoms with E-state index in [1.54, 1.807) is 25.7 Å². The highest BCUT2D eigenvalue weighted by atomic mass is 16.6. The molecule has 3 rings (SSSR count). The molecule has 0 radical (unpaired) electrons. The number of hydrogen-bond donors (Lipinski definition) is 2. The first-order valence-electron chi connectivity index (χ1n) is 13.8. The first-order valence-corrected chi connectivity index (χ1v) is 13.8. The summed E-state index contributed by atoms with van der Waals surface area (Å²) in [6, 6.07) is 15.6. The van der Waals surface area contributed by atoms with Crippen molar-refractivity contribution in [3.63, 3.8) is 0 Å². The number of hydrogen-bond acceptors (Lipinski definition) is 4. The molecule has 1 saturated carbocycles. The molecule has 0 spiro atoms. The van der Waals surface area contributed by atoms with Crippen LogP contribution in [-0.4, -0.2) is 47.0 Å². The fourth-order valence-electron chi connectivity index (χ4n) is 4.66. The fourth-order valence-corrected chi connectivity index (χ4v) is 4.66. The quantitative estimate of drug-likeness (QED) is 0.384. The zero-order chi connectivity index (χ0) is 27.7. The van der Waals surface area contributed by atoms with Crippen molar-refractivity contribution in [1.29, 1.82) is 0 Å². The molecule has 7 nitrogen and oxygen atoms in total. The van der Waals surface area contributed by atoms with E-state index in [1.807, 2.05) is 61.5 Å². The number of ether oxygens (including phenoxy) is 1. The summed E-state index contributed by atoms with van der Waals surface area (Å²) in [4.78, 5) is 42.7. The molecule has 1 fully saturated rings. The second-order valence-electron chi connectivity index (χ2n) is 11.1. The van der Waals surface area contributed by atoms with E-state index in [4.69, 9.17) is 4.74 Å². The summed E-state index contributed by atoms with van der Waals surface area (Å²) >= 11 is 0. The number of benzene rings is 2. The van der Waals surface area contributed by atoms with Gasteiger partial charge in [-0.2, -0.15) is 0 Å². The smallest absolute Gasteiger partial charge is 0.408 e. The van der Waals surface area contributed by atoms with E-state index < -0.39 is 23.8 Å². The van der Waals surface area contributed by atoms with Crippen molar-refractivity contribution in [3.05, 3.63) is 71.3 Å². The van der Waals surface area contributed by atoms with Gasteiger partial charge in [0.05, 0.1) is 0 Å². The topological polar surface area (TPSA) is 87.7 Å². The average Bonchev–Trinajstić information content (AvgIpc) is 2.82. The summed E-state index contributed by atoms with van der Waals surface area (Å²) in [5, 5.41) is 5.90. The Bertz CT molecular complexity index is 1080. The molecule has 7 heteroatoms. The van der Waals surface area contributed by atoms with Crippen LogP contribution in [0.4, 0.5) is 4.79 Å². The average molecular weight is 522 g/mol. The molecule has 2 N–H and O–H groups in total. The lowest BCUT2D eigenvalue weighted by molar-refractivity contribution is -0.147. The molecule has 2 atom stereocenters. The summed E-state index contributed by atoms with van der Waals surface area (Å²) in [7, 11) is 0. The zero-order valence-electron chi connectivity index (χ0n) is 23.5. The minimum absolute atomic E-state index is 0.0808. The van der Waals surface area contributed by atoms with Crippen LogP contribution in [0.3, 0.4) is 0 Å². The van der Waals surface area contributed by atoms with Crippen molar-refractivity contribution in [1.82, 2.24) is 15.5 Å². The highest BCUT2D eigenvalue weighted by molar-refractivity contribution is 5.92. The number of alkyl carbamates (subject to hydrolysis) is 1. The standard InChI is InChI=1S/C31H43N3O4/c1-6-7-20-32-28(35)27(25-19-12-11-14-22(25)2)34(24-17-13-18-24)29(36)26(21-23-15-9-8-10-16-23)33-30(37)38-31(3,4)5/h8-12,14-16,19,24,26-27H,6-7,13,17-18,20-21H2,1-5H3,(H,32,35)(H,33,37). The molecule has 1 aliphatic carbocycles. The Hall–Kier alpha value is -3.35. The molecule has 38 heavy (non-hydrogen) atoms. The lowest BCUT2D eigenvalue weighted by Gasteiger charge is -2.44. The van der Waals surface area contributed by atoms with Gasteiger partial charge in [-0.3, -0.25) is 9.59 Å². The van der Waals surface area contributed by atoms with E-state index in [1.165, 1.54) is 0 Å². The van der Waals surface area contributed by atoms with Crippen molar-refractivity contribution >= 4 is 17.9 Å². The van der Waals surface area contributed by atoms with E-state index in [0.29, 0.717) is 13.0 Å². The lowest BCUT2D eigenvalue weighted by Crippen LogP contribution is -2.58. The number of unbranched alkanes of at least 4 members (excludes halogenated alkanes) is 1.